The Morgan fingerprint density at radius 2 is 2.04 bits per heavy atom. The molecule has 1 aromatic rings. The van der Waals surface area contributed by atoms with E-state index in [0.717, 1.165) is 51.4 Å². The van der Waals surface area contributed by atoms with Crippen LogP contribution in [-0.4, -0.2) is 68.2 Å². The van der Waals surface area contributed by atoms with E-state index in [1.807, 2.05) is 6.07 Å². The molecule has 2 aliphatic rings. The number of benzene rings is 1. The van der Waals surface area contributed by atoms with Crippen LogP contribution in [0.25, 0.3) is 0 Å². The number of piperazine rings is 1. The Balaban J connectivity index is 1.46. The van der Waals surface area contributed by atoms with Crippen molar-refractivity contribution in [3.8, 4) is 0 Å². The molecule has 7 heteroatoms. The van der Waals surface area contributed by atoms with Gasteiger partial charge in [-0.3, -0.25) is 15.1 Å². The van der Waals surface area contributed by atoms with Crippen LogP contribution in [-0.2, 0) is 16.1 Å². The van der Waals surface area contributed by atoms with Crippen molar-refractivity contribution in [3.63, 3.8) is 0 Å². The third-order valence-corrected chi connectivity index (χ3v) is 4.80. The fourth-order valence-corrected chi connectivity index (χ4v) is 3.44. The third kappa shape index (κ3) is 4.30. The predicted molar refractivity (Wildman–Crippen MR) is 88.5 cm³/mol. The van der Waals surface area contributed by atoms with Gasteiger partial charge >= 0.3 is 5.97 Å². The van der Waals surface area contributed by atoms with Gasteiger partial charge in [0.2, 0.25) is 0 Å². The van der Waals surface area contributed by atoms with Crippen LogP contribution in [0.5, 0.6) is 0 Å². The molecule has 2 atom stereocenters. The van der Waals surface area contributed by atoms with Gasteiger partial charge in [-0.1, -0.05) is 12.1 Å². The van der Waals surface area contributed by atoms with Gasteiger partial charge in [0.1, 0.15) is 11.9 Å². The Morgan fingerprint density at radius 1 is 1.29 bits per heavy atom. The van der Waals surface area contributed by atoms with Gasteiger partial charge in [0, 0.05) is 51.7 Å². The second kappa shape index (κ2) is 8.02. The molecule has 2 N–H and O–H groups in total. The van der Waals surface area contributed by atoms with Crippen LogP contribution in [0.3, 0.4) is 0 Å². The highest BCUT2D eigenvalue weighted by Gasteiger charge is 2.35. The quantitative estimate of drug-likeness (QED) is 0.750. The average Bonchev–Trinajstić information content (AvgIpc) is 3.04. The van der Waals surface area contributed by atoms with Crippen molar-refractivity contribution in [3.05, 3.63) is 35.6 Å². The zero-order valence-corrected chi connectivity index (χ0v) is 14.0. The van der Waals surface area contributed by atoms with E-state index in [1.54, 1.807) is 12.1 Å². The van der Waals surface area contributed by atoms with Crippen molar-refractivity contribution >= 4 is 5.97 Å². The summed E-state index contributed by atoms with van der Waals surface area (Å²) in [6.45, 7) is 6.24. The summed E-state index contributed by atoms with van der Waals surface area (Å²) in [5.41, 5.74) is 7.06. The van der Waals surface area contributed by atoms with Gasteiger partial charge in [-0.05, 0) is 17.7 Å². The molecule has 132 valence electrons. The van der Waals surface area contributed by atoms with Gasteiger partial charge < -0.3 is 9.64 Å². The number of hydrogen-bond acceptors (Lipinski definition) is 6. The smallest absolute Gasteiger partial charge is 0.324 e. The molecule has 0 amide bonds. The van der Waals surface area contributed by atoms with E-state index in [-0.39, 0.29) is 23.7 Å². The molecule has 0 saturated carbocycles. The SMILES string of the molecule is COC(=O)C1NNCC1CN1CCN(Cc2cccc(F)c2)CC1. The normalized spacial score (nSPS) is 25.8. The average molecular weight is 336 g/mol. The second-order valence-electron chi connectivity index (χ2n) is 6.49. The molecule has 2 aliphatic heterocycles. The fraction of sp³-hybridized carbons (Fsp3) is 0.588. The van der Waals surface area contributed by atoms with Gasteiger partial charge in [0.05, 0.1) is 7.11 Å². The summed E-state index contributed by atoms with van der Waals surface area (Å²) in [5.74, 6) is -0.178. The zero-order valence-electron chi connectivity index (χ0n) is 14.0. The van der Waals surface area contributed by atoms with E-state index in [9.17, 15) is 9.18 Å². The van der Waals surface area contributed by atoms with E-state index in [0.29, 0.717) is 0 Å². The summed E-state index contributed by atoms with van der Waals surface area (Å²) in [6, 6.07) is 6.52. The number of nitrogens with zero attached hydrogens (tertiary/aromatic N) is 2. The molecule has 2 unspecified atom stereocenters. The molecule has 24 heavy (non-hydrogen) atoms. The van der Waals surface area contributed by atoms with Gasteiger partial charge in [-0.15, -0.1) is 0 Å². The van der Waals surface area contributed by atoms with E-state index in [2.05, 4.69) is 20.7 Å². The van der Waals surface area contributed by atoms with Gasteiger partial charge in [-0.25, -0.2) is 9.82 Å². The zero-order chi connectivity index (χ0) is 16.9. The monoisotopic (exact) mass is 336 g/mol. The van der Waals surface area contributed by atoms with Gasteiger partial charge in [0.25, 0.3) is 0 Å². The molecule has 2 saturated heterocycles. The Bertz CT molecular complexity index is 563. The molecular weight excluding hydrogens is 311 g/mol. The summed E-state index contributed by atoms with van der Waals surface area (Å²) in [4.78, 5) is 16.5. The lowest BCUT2D eigenvalue weighted by Crippen LogP contribution is -2.49. The summed E-state index contributed by atoms with van der Waals surface area (Å²) >= 11 is 0. The lowest BCUT2D eigenvalue weighted by Gasteiger charge is -2.36. The van der Waals surface area contributed by atoms with Crippen molar-refractivity contribution < 1.29 is 13.9 Å². The van der Waals surface area contributed by atoms with E-state index < -0.39 is 0 Å². The first-order valence-electron chi connectivity index (χ1n) is 8.41. The maximum Gasteiger partial charge on any atom is 0.324 e. The minimum atomic E-state index is -0.277. The van der Waals surface area contributed by atoms with Crippen molar-refractivity contribution in [2.45, 2.75) is 12.6 Å². The number of methoxy groups -OCH3 is 1. The molecule has 0 bridgehead atoms. The van der Waals surface area contributed by atoms with Gasteiger partial charge in [0.15, 0.2) is 0 Å². The standard InChI is InChI=1S/C17H25FN4O2/c1-24-17(23)16-14(10-19-20-16)12-22-7-5-21(6-8-22)11-13-3-2-4-15(18)9-13/h2-4,9,14,16,19-20H,5-8,10-12H2,1H3. The van der Waals surface area contributed by atoms with Crippen LogP contribution in [0.1, 0.15) is 5.56 Å². The lowest BCUT2D eigenvalue weighted by molar-refractivity contribution is -0.144. The number of rotatable bonds is 5. The molecule has 2 fully saturated rings. The van der Waals surface area contributed by atoms with Crippen LogP contribution >= 0.6 is 0 Å². The highest BCUT2D eigenvalue weighted by atomic mass is 19.1. The van der Waals surface area contributed by atoms with Crippen LogP contribution in [0.4, 0.5) is 4.39 Å². The van der Waals surface area contributed by atoms with E-state index in [4.69, 9.17) is 4.74 Å². The number of ether oxygens (including phenoxy) is 1. The van der Waals surface area contributed by atoms with E-state index in [1.165, 1.54) is 13.2 Å². The number of hydrogen-bond donors (Lipinski definition) is 2. The first-order chi connectivity index (χ1) is 11.7. The fourth-order valence-electron chi connectivity index (χ4n) is 3.44. The van der Waals surface area contributed by atoms with Crippen LogP contribution in [0.2, 0.25) is 0 Å². The summed E-state index contributed by atoms with van der Waals surface area (Å²) in [7, 11) is 1.42. The molecule has 1 aromatic carbocycles. The molecule has 0 aromatic heterocycles. The summed E-state index contributed by atoms with van der Waals surface area (Å²) < 4.78 is 18.1. The third-order valence-electron chi connectivity index (χ3n) is 4.80. The minimum absolute atomic E-state index is 0.179. The molecule has 2 heterocycles. The minimum Gasteiger partial charge on any atom is -0.468 e. The number of nitrogens with one attached hydrogen (secondary N) is 2. The summed E-state index contributed by atoms with van der Waals surface area (Å²) in [5, 5.41) is 0. The van der Waals surface area contributed by atoms with Crippen LogP contribution in [0.15, 0.2) is 24.3 Å². The number of hydrazine groups is 1. The predicted octanol–water partition coefficient (Wildman–Crippen LogP) is 0.209. The Hall–Kier alpha value is -1.54. The highest BCUT2D eigenvalue weighted by Crippen LogP contribution is 2.15. The van der Waals surface area contributed by atoms with Crippen molar-refractivity contribution in [1.29, 1.82) is 0 Å². The van der Waals surface area contributed by atoms with Crippen molar-refractivity contribution in [1.82, 2.24) is 20.7 Å². The molecule has 0 spiro atoms. The van der Waals surface area contributed by atoms with E-state index >= 15 is 0 Å². The molecular formula is C17H25FN4O2. The molecule has 3 rings (SSSR count). The Kier molecular flexibility index (Phi) is 5.78. The van der Waals surface area contributed by atoms with Crippen molar-refractivity contribution in [2.24, 2.45) is 5.92 Å². The van der Waals surface area contributed by atoms with Crippen molar-refractivity contribution in [2.75, 3.05) is 46.4 Å². The molecule has 0 aliphatic carbocycles. The second-order valence-corrected chi connectivity index (χ2v) is 6.49. The number of halogens is 1. The van der Waals surface area contributed by atoms with Gasteiger partial charge in [-0.2, -0.15) is 0 Å². The first kappa shape index (κ1) is 17.3. The van der Waals surface area contributed by atoms with Crippen LogP contribution in [0, 0.1) is 11.7 Å². The Morgan fingerprint density at radius 3 is 2.75 bits per heavy atom. The summed E-state index contributed by atoms with van der Waals surface area (Å²) in [6.07, 6.45) is 0. The lowest BCUT2D eigenvalue weighted by atomic mass is 10.0. The maximum absolute atomic E-state index is 13.3. The van der Waals surface area contributed by atoms with Crippen LogP contribution < -0.4 is 10.9 Å². The molecule has 0 radical (unpaired) electrons. The number of esters is 1. The topological polar surface area (TPSA) is 56.8 Å². The maximum atomic E-state index is 13.3. The first-order valence-corrected chi connectivity index (χ1v) is 8.41. The number of carbonyl (C=O) groups excluding carboxylic acids is 1. The molecule has 6 nitrogen and oxygen atoms in total. The Labute approximate surface area is 141 Å². The number of carbonyl (C=O) groups is 1. The largest absolute Gasteiger partial charge is 0.468 e. The highest BCUT2D eigenvalue weighted by molar-refractivity contribution is 5.76.